The first kappa shape index (κ1) is 15.7. The van der Waals surface area contributed by atoms with E-state index in [9.17, 15) is 4.79 Å². The van der Waals surface area contributed by atoms with Crippen LogP contribution in [0, 0.1) is 11.3 Å². The molecule has 2 rings (SSSR count). The van der Waals surface area contributed by atoms with Crippen molar-refractivity contribution in [3.05, 3.63) is 12.2 Å². The lowest BCUT2D eigenvalue weighted by molar-refractivity contribution is -0.259. The lowest BCUT2D eigenvalue weighted by Crippen LogP contribution is -2.52. The number of carbonyl (C=O) groups excluding carboxylic acids is 1. The summed E-state index contributed by atoms with van der Waals surface area (Å²) in [4.78, 5) is 11.7. The summed E-state index contributed by atoms with van der Waals surface area (Å²) < 4.78 is 12.1. The molecule has 0 aromatic heterocycles. The van der Waals surface area contributed by atoms with E-state index in [-0.39, 0.29) is 5.41 Å². The molecule has 0 aromatic rings. The molecule has 0 bridgehead atoms. The van der Waals surface area contributed by atoms with Crippen LogP contribution in [0.1, 0.15) is 59.3 Å². The Morgan fingerprint density at radius 3 is 2.55 bits per heavy atom. The second kappa shape index (κ2) is 5.98. The Labute approximate surface area is 122 Å². The molecule has 2 fully saturated rings. The monoisotopic (exact) mass is 280 g/mol. The van der Waals surface area contributed by atoms with Crippen molar-refractivity contribution in [2.45, 2.75) is 65.1 Å². The van der Waals surface area contributed by atoms with Crippen LogP contribution in [0.5, 0.6) is 0 Å². The van der Waals surface area contributed by atoms with E-state index in [0.717, 1.165) is 25.7 Å². The predicted octanol–water partition coefficient (Wildman–Crippen LogP) is 3.87. The highest BCUT2D eigenvalue weighted by molar-refractivity contribution is 5.78. The minimum atomic E-state index is -0.497. The van der Waals surface area contributed by atoms with E-state index < -0.39 is 5.79 Å². The van der Waals surface area contributed by atoms with Gasteiger partial charge in [-0.1, -0.05) is 26.0 Å². The van der Waals surface area contributed by atoms with Crippen molar-refractivity contribution in [3.63, 3.8) is 0 Å². The Morgan fingerprint density at radius 2 is 2.00 bits per heavy atom. The maximum absolute atomic E-state index is 11.7. The van der Waals surface area contributed by atoms with Gasteiger partial charge in [-0.2, -0.15) is 0 Å². The quantitative estimate of drug-likeness (QED) is 0.717. The van der Waals surface area contributed by atoms with Gasteiger partial charge in [0.05, 0.1) is 13.2 Å². The maximum atomic E-state index is 11.7. The van der Waals surface area contributed by atoms with Crippen LogP contribution in [0.2, 0.25) is 0 Å². The van der Waals surface area contributed by atoms with E-state index in [1.807, 2.05) is 6.92 Å². The second-order valence-electron chi connectivity index (χ2n) is 6.69. The summed E-state index contributed by atoms with van der Waals surface area (Å²) >= 11 is 0. The third-order valence-electron chi connectivity index (χ3n) is 5.28. The lowest BCUT2D eigenvalue weighted by atomic mass is 9.63. The molecule has 2 atom stereocenters. The van der Waals surface area contributed by atoms with Gasteiger partial charge in [-0.05, 0) is 32.1 Å². The van der Waals surface area contributed by atoms with Crippen LogP contribution in [0.4, 0.5) is 0 Å². The molecule has 114 valence electrons. The van der Waals surface area contributed by atoms with Gasteiger partial charge in [-0.15, -0.1) is 0 Å². The summed E-state index contributed by atoms with van der Waals surface area (Å²) in [6.45, 7) is 11.7. The first-order valence-electron chi connectivity index (χ1n) is 7.87. The first-order valence-corrected chi connectivity index (χ1v) is 7.87. The highest BCUT2D eigenvalue weighted by Gasteiger charge is 2.55. The van der Waals surface area contributed by atoms with Crippen LogP contribution in [0.15, 0.2) is 12.2 Å². The van der Waals surface area contributed by atoms with E-state index >= 15 is 0 Å². The fourth-order valence-corrected chi connectivity index (χ4v) is 3.61. The lowest BCUT2D eigenvalue weighted by Gasteiger charge is -2.50. The van der Waals surface area contributed by atoms with E-state index in [4.69, 9.17) is 9.47 Å². The second-order valence-corrected chi connectivity index (χ2v) is 6.69. The third-order valence-corrected chi connectivity index (χ3v) is 5.28. The molecule has 1 aliphatic heterocycles. The van der Waals surface area contributed by atoms with E-state index in [1.54, 1.807) is 0 Å². The number of hydrogen-bond acceptors (Lipinski definition) is 3. The summed E-state index contributed by atoms with van der Waals surface area (Å²) in [7, 11) is 0. The summed E-state index contributed by atoms with van der Waals surface area (Å²) in [5.41, 5.74) is 1.16. The van der Waals surface area contributed by atoms with Crippen LogP contribution in [0.3, 0.4) is 0 Å². The largest absolute Gasteiger partial charge is 0.347 e. The van der Waals surface area contributed by atoms with Gasteiger partial charge >= 0.3 is 0 Å². The van der Waals surface area contributed by atoms with Gasteiger partial charge in [-0.3, -0.25) is 4.79 Å². The fraction of sp³-hybridized carbons (Fsp3) is 0.824. The summed E-state index contributed by atoms with van der Waals surface area (Å²) in [6.07, 6.45) is 5.18. The maximum Gasteiger partial charge on any atom is 0.174 e. The smallest absolute Gasteiger partial charge is 0.174 e. The molecular weight excluding hydrogens is 252 g/mol. The SMILES string of the molecule is C=C(C)[C@@H]1CC[C@](C)(CCC(=O)CC)C2(C1)OCCO2. The van der Waals surface area contributed by atoms with Crippen LogP contribution < -0.4 is 0 Å². The van der Waals surface area contributed by atoms with Crippen molar-refractivity contribution >= 4 is 5.78 Å². The Balaban J connectivity index is 2.14. The highest BCUT2D eigenvalue weighted by Crippen LogP contribution is 2.54. The molecule has 0 radical (unpaired) electrons. The topological polar surface area (TPSA) is 35.5 Å². The molecule has 1 saturated carbocycles. The van der Waals surface area contributed by atoms with Crippen molar-refractivity contribution in [2.24, 2.45) is 11.3 Å². The molecular formula is C17H28O3. The Morgan fingerprint density at radius 1 is 1.35 bits per heavy atom. The van der Waals surface area contributed by atoms with E-state index in [0.29, 0.717) is 37.8 Å². The predicted molar refractivity (Wildman–Crippen MR) is 79.4 cm³/mol. The minimum Gasteiger partial charge on any atom is -0.347 e. The van der Waals surface area contributed by atoms with Crippen LogP contribution >= 0.6 is 0 Å². The number of ketones is 1. The molecule has 0 unspecified atom stereocenters. The molecule has 3 heteroatoms. The van der Waals surface area contributed by atoms with E-state index in [1.165, 1.54) is 5.57 Å². The van der Waals surface area contributed by atoms with Crippen molar-refractivity contribution in [2.75, 3.05) is 13.2 Å². The average Bonchev–Trinajstić information content (AvgIpc) is 2.89. The molecule has 0 amide bonds. The first-order chi connectivity index (χ1) is 9.42. The van der Waals surface area contributed by atoms with Crippen LogP contribution in [0.25, 0.3) is 0 Å². The zero-order chi connectivity index (χ0) is 14.8. The van der Waals surface area contributed by atoms with Gasteiger partial charge in [0.15, 0.2) is 5.79 Å². The van der Waals surface area contributed by atoms with Gasteiger partial charge in [0.1, 0.15) is 5.78 Å². The molecule has 3 nitrogen and oxygen atoms in total. The number of carbonyl (C=O) groups is 1. The van der Waals surface area contributed by atoms with Gasteiger partial charge < -0.3 is 9.47 Å². The van der Waals surface area contributed by atoms with Crippen molar-refractivity contribution in [1.82, 2.24) is 0 Å². The van der Waals surface area contributed by atoms with Gasteiger partial charge in [0.25, 0.3) is 0 Å². The van der Waals surface area contributed by atoms with Crippen molar-refractivity contribution in [1.29, 1.82) is 0 Å². The molecule has 1 aliphatic carbocycles. The average molecular weight is 280 g/mol. The van der Waals surface area contributed by atoms with Crippen molar-refractivity contribution in [3.8, 4) is 0 Å². The van der Waals surface area contributed by atoms with Crippen LogP contribution in [-0.2, 0) is 14.3 Å². The fourth-order valence-electron chi connectivity index (χ4n) is 3.61. The number of rotatable bonds is 5. The van der Waals surface area contributed by atoms with Crippen molar-refractivity contribution < 1.29 is 14.3 Å². The normalized spacial score (nSPS) is 32.5. The Bertz CT molecular complexity index is 382. The molecule has 0 N–H and O–H groups in total. The number of ether oxygens (including phenoxy) is 2. The van der Waals surface area contributed by atoms with Gasteiger partial charge in [0.2, 0.25) is 0 Å². The summed E-state index contributed by atoms with van der Waals surface area (Å²) in [5, 5.41) is 0. The highest BCUT2D eigenvalue weighted by atomic mass is 16.7. The molecule has 1 saturated heterocycles. The zero-order valence-corrected chi connectivity index (χ0v) is 13.2. The standard InChI is InChI=1S/C17H28O3/c1-5-15(18)7-9-16(4)8-6-14(13(2)3)12-17(16)19-10-11-20-17/h14H,2,5-12H2,1,3-4H3/t14-,16-/m1/s1. The number of Topliss-reactive ketones (excluding diaryl/α,β-unsaturated/α-hetero) is 1. The Hall–Kier alpha value is -0.670. The molecule has 1 heterocycles. The Kier molecular flexibility index (Phi) is 4.70. The molecule has 2 aliphatic rings. The van der Waals surface area contributed by atoms with E-state index in [2.05, 4.69) is 20.4 Å². The third kappa shape index (κ3) is 2.84. The number of allylic oxidation sites excluding steroid dienone is 1. The van der Waals surface area contributed by atoms with Crippen LogP contribution in [-0.4, -0.2) is 24.8 Å². The number of hydrogen-bond donors (Lipinski definition) is 0. The summed E-state index contributed by atoms with van der Waals surface area (Å²) in [6, 6.07) is 0. The van der Waals surface area contributed by atoms with Gasteiger partial charge in [-0.25, -0.2) is 0 Å². The minimum absolute atomic E-state index is 0.0553. The molecule has 0 aromatic carbocycles. The molecule has 20 heavy (non-hydrogen) atoms. The summed E-state index contributed by atoms with van der Waals surface area (Å²) in [5.74, 6) is 0.313. The van der Waals surface area contributed by atoms with Gasteiger partial charge in [0, 0.05) is 24.7 Å². The zero-order valence-electron chi connectivity index (χ0n) is 13.2. The molecule has 1 spiro atoms.